The van der Waals surface area contributed by atoms with Crippen molar-refractivity contribution >= 4 is 5.97 Å². The van der Waals surface area contributed by atoms with Gasteiger partial charge >= 0.3 is 5.97 Å². The van der Waals surface area contributed by atoms with Crippen LogP contribution >= 0.6 is 0 Å². The molecule has 0 aromatic rings. The molecule has 2 atom stereocenters. The fourth-order valence-corrected chi connectivity index (χ4v) is 3.58. The van der Waals surface area contributed by atoms with Gasteiger partial charge in [0.05, 0.1) is 11.5 Å². The van der Waals surface area contributed by atoms with E-state index in [1.54, 1.807) is 6.92 Å². The molecule has 4 heteroatoms. The van der Waals surface area contributed by atoms with Crippen LogP contribution in [0.2, 0.25) is 0 Å². The van der Waals surface area contributed by atoms with E-state index in [9.17, 15) is 4.79 Å². The Balaban J connectivity index is 1.91. The van der Waals surface area contributed by atoms with E-state index in [0.717, 1.165) is 19.4 Å². The monoisotopic (exact) mass is 269 g/mol. The lowest BCUT2D eigenvalue weighted by Crippen LogP contribution is -2.49. The van der Waals surface area contributed by atoms with Gasteiger partial charge in [0, 0.05) is 19.2 Å². The maximum atomic E-state index is 11.0. The molecule has 0 bridgehead atoms. The van der Waals surface area contributed by atoms with Gasteiger partial charge in [-0.15, -0.1) is 0 Å². The van der Waals surface area contributed by atoms with Gasteiger partial charge in [-0.25, -0.2) is 0 Å². The number of hydrogen-bond donors (Lipinski definition) is 1. The molecule has 0 amide bonds. The highest BCUT2D eigenvalue weighted by Crippen LogP contribution is 2.39. The Morgan fingerprint density at radius 3 is 2.74 bits per heavy atom. The number of carboxylic acid groups (broad SMARTS) is 1. The number of aliphatic carboxylic acids is 1. The predicted molar refractivity (Wildman–Crippen MR) is 74.2 cm³/mol. The molecule has 0 radical (unpaired) electrons. The Kier molecular flexibility index (Phi) is 4.85. The van der Waals surface area contributed by atoms with E-state index in [4.69, 9.17) is 9.84 Å². The number of rotatable bonds is 4. The summed E-state index contributed by atoms with van der Waals surface area (Å²) in [5.74, 6) is -0.999. The van der Waals surface area contributed by atoms with Crippen LogP contribution in [0.4, 0.5) is 0 Å². The molecule has 110 valence electrons. The fraction of sp³-hybridized carbons (Fsp3) is 0.933. The van der Waals surface area contributed by atoms with Crippen LogP contribution in [0.25, 0.3) is 0 Å². The molecule has 1 heterocycles. The average Bonchev–Trinajstić information content (AvgIpc) is 2.39. The molecule has 2 aliphatic rings. The van der Waals surface area contributed by atoms with Gasteiger partial charge < -0.3 is 14.7 Å². The minimum atomic E-state index is -0.703. The van der Waals surface area contributed by atoms with E-state index >= 15 is 0 Å². The number of carboxylic acids is 1. The molecule has 1 N–H and O–H groups in total. The lowest BCUT2D eigenvalue weighted by Gasteiger charge is -2.46. The van der Waals surface area contributed by atoms with Crippen molar-refractivity contribution in [2.75, 3.05) is 20.2 Å². The summed E-state index contributed by atoms with van der Waals surface area (Å²) in [5.41, 5.74) is 0.0991. The first-order chi connectivity index (χ1) is 9.02. The van der Waals surface area contributed by atoms with Crippen molar-refractivity contribution in [3.63, 3.8) is 0 Å². The van der Waals surface area contributed by atoms with Gasteiger partial charge in [0.2, 0.25) is 0 Å². The Hall–Kier alpha value is -0.610. The van der Waals surface area contributed by atoms with E-state index in [-0.39, 0.29) is 11.5 Å². The van der Waals surface area contributed by atoms with Gasteiger partial charge in [-0.3, -0.25) is 4.79 Å². The van der Waals surface area contributed by atoms with E-state index < -0.39 is 5.97 Å². The zero-order valence-corrected chi connectivity index (χ0v) is 12.2. The van der Waals surface area contributed by atoms with Gasteiger partial charge in [-0.1, -0.05) is 26.2 Å². The van der Waals surface area contributed by atoms with Gasteiger partial charge in [0.15, 0.2) is 0 Å². The van der Waals surface area contributed by atoms with Crippen molar-refractivity contribution in [3.05, 3.63) is 0 Å². The van der Waals surface area contributed by atoms with Crippen LogP contribution in [0, 0.1) is 5.92 Å². The summed E-state index contributed by atoms with van der Waals surface area (Å²) in [6.45, 7) is 3.25. The standard InChI is InChI=1S/C15H27NO3/c1-12(14(17)18)11-16(2)13-6-9-19-15(10-13)7-4-3-5-8-15/h12-13H,3-11H2,1-2H3,(H,17,18). The van der Waals surface area contributed by atoms with Crippen LogP contribution in [0.1, 0.15) is 51.9 Å². The highest BCUT2D eigenvalue weighted by molar-refractivity contribution is 5.69. The summed E-state index contributed by atoms with van der Waals surface area (Å²) >= 11 is 0. The normalized spacial score (nSPS) is 28.5. The second-order valence-corrected chi connectivity index (χ2v) is 6.42. The first-order valence-electron chi connectivity index (χ1n) is 7.59. The third-order valence-corrected chi connectivity index (χ3v) is 4.84. The maximum Gasteiger partial charge on any atom is 0.307 e. The predicted octanol–water partition coefficient (Wildman–Crippen LogP) is 2.52. The third kappa shape index (κ3) is 3.69. The van der Waals surface area contributed by atoms with Crippen molar-refractivity contribution in [2.45, 2.75) is 63.5 Å². The fourth-order valence-electron chi connectivity index (χ4n) is 3.58. The molecular weight excluding hydrogens is 242 g/mol. The Morgan fingerprint density at radius 2 is 2.11 bits per heavy atom. The third-order valence-electron chi connectivity index (χ3n) is 4.84. The van der Waals surface area contributed by atoms with Crippen LogP contribution in [0.15, 0.2) is 0 Å². The lowest BCUT2D eigenvalue weighted by molar-refractivity contribution is -0.143. The summed E-state index contributed by atoms with van der Waals surface area (Å²) in [4.78, 5) is 13.2. The van der Waals surface area contributed by atoms with Crippen LogP contribution in [0.5, 0.6) is 0 Å². The summed E-state index contributed by atoms with van der Waals surface area (Å²) < 4.78 is 6.10. The molecule has 1 spiro atoms. The molecule has 1 saturated heterocycles. The van der Waals surface area contributed by atoms with Crippen molar-refractivity contribution in [2.24, 2.45) is 5.92 Å². The second-order valence-electron chi connectivity index (χ2n) is 6.42. The molecule has 1 aliphatic carbocycles. The molecule has 4 nitrogen and oxygen atoms in total. The quantitative estimate of drug-likeness (QED) is 0.852. The highest BCUT2D eigenvalue weighted by atomic mass is 16.5. The van der Waals surface area contributed by atoms with E-state index in [2.05, 4.69) is 11.9 Å². The molecule has 1 saturated carbocycles. The van der Waals surface area contributed by atoms with E-state index in [0.29, 0.717) is 12.6 Å². The number of nitrogens with zero attached hydrogens (tertiary/aromatic N) is 1. The molecule has 2 rings (SSSR count). The van der Waals surface area contributed by atoms with Crippen molar-refractivity contribution in [3.8, 4) is 0 Å². The van der Waals surface area contributed by atoms with Gasteiger partial charge in [0.1, 0.15) is 0 Å². The first-order valence-corrected chi connectivity index (χ1v) is 7.59. The maximum absolute atomic E-state index is 11.0. The van der Waals surface area contributed by atoms with Crippen LogP contribution in [-0.2, 0) is 9.53 Å². The summed E-state index contributed by atoms with van der Waals surface area (Å²) in [6.07, 6.45) is 8.38. The molecule has 0 aromatic heterocycles. The van der Waals surface area contributed by atoms with Crippen molar-refractivity contribution < 1.29 is 14.6 Å². The molecule has 19 heavy (non-hydrogen) atoms. The first kappa shape index (κ1) is 14.8. The molecule has 2 fully saturated rings. The lowest BCUT2D eigenvalue weighted by atomic mass is 9.78. The summed E-state index contributed by atoms with van der Waals surface area (Å²) in [5, 5.41) is 9.02. The number of ether oxygens (including phenoxy) is 1. The molecule has 2 unspecified atom stereocenters. The summed E-state index contributed by atoms with van der Waals surface area (Å²) in [7, 11) is 2.06. The zero-order valence-electron chi connectivity index (χ0n) is 12.2. The van der Waals surface area contributed by atoms with Crippen LogP contribution in [-0.4, -0.2) is 47.8 Å². The summed E-state index contributed by atoms with van der Waals surface area (Å²) in [6, 6.07) is 0.480. The minimum Gasteiger partial charge on any atom is -0.481 e. The van der Waals surface area contributed by atoms with Gasteiger partial charge in [-0.2, -0.15) is 0 Å². The smallest absolute Gasteiger partial charge is 0.307 e. The zero-order chi connectivity index (χ0) is 13.9. The molecule has 0 aromatic carbocycles. The number of carbonyl (C=O) groups is 1. The number of hydrogen-bond acceptors (Lipinski definition) is 3. The molecule has 1 aliphatic heterocycles. The SMILES string of the molecule is CC(CN(C)C1CCOC2(CCCCC2)C1)C(=O)O. The second kappa shape index (κ2) is 6.23. The Bertz CT molecular complexity index is 307. The largest absolute Gasteiger partial charge is 0.481 e. The van der Waals surface area contributed by atoms with Crippen molar-refractivity contribution in [1.82, 2.24) is 4.90 Å². The topological polar surface area (TPSA) is 49.8 Å². The minimum absolute atomic E-state index is 0.0991. The average molecular weight is 269 g/mol. The Labute approximate surface area is 116 Å². The van der Waals surface area contributed by atoms with Crippen molar-refractivity contribution in [1.29, 1.82) is 0 Å². The highest BCUT2D eigenvalue weighted by Gasteiger charge is 2.39. The van der Waals surface area contributed by atoms with E-state index in [1.807, 2.05) is 0 Å². The Morgan fingerprint density at radius 1 is 1.42 bits per heavy atom. The molecular formula is C15H27NO3. The van der Waals surface area contributed by atoms with Crippen LogP contribution in [0.3, 0.4) is 0 Å². The van der Waals surface area contributed by atoms with Gasteiger partial charge in [-0.05, 0) is 32.7 Å². The van der Waals surface area contributed by atoms with E-state index in [1.165, 1.54) is 32.1 Å². The van der Waals surface area contributed by atoms with Crippen LogP contribution < -0.4 is 0 Å². The van der Waals surface area contributed by atoms with Gasteiger partial charge in [0.25, 0.3) is 0 Å².